The molecule has 0 bridgehead atoms. The molecule has 0 amide bonds. The third-order valence-electron chi connectivity index (χ3n) is 2.24. The Morgan fingerprint density at radius 1 is 1.56 bits per heavy atom. The molecule has 6 heteroatoms. The van der Waals surface area contributed by atoms with Crippen molar-refractivity contribution in [2.75, 3.05) is 13.2 Å². The maximum atomic E-state index is 8.57. The smallest absolute Gasteiger partial charge is 0.170 e. The third kappa shape index (κ3) is 2.50. The van der Waals surface area contributed by atoms with E-state index in [1.165, 1.54) is 0 Å². The number of hydrogen-bond acceptors (Lipinski definition) is 4. The highest BCUT2D eigenvalue weighted by Crippen LogP contribution is 2.33. The summed E-state index contributed by atoms with van der Waals surface area (Å²) in [7, 11) is 0. The summed E-state index contributed by atoms with van der Waals surface area (Å²) in [6, 6.07) is 5.64. The number of ether oxygens (including phenoxy) is 1. The van der Waals surface area contributed by atoms with Crippen LogP contribution in [0.3, 0.4) is 0 Å². The Labute approximate surface area is 106 Å². The lowest BCUT2D eigenvalue weighted by Gasteiger charge is -2.25. The van der Waals surface area contributed by atoms with Crippen molar-refractivity contribution in [1.29, 1.82) is 0 Å². The molecule has 0 radical (unpaired) electrons. The molecule has 0 spiro atoms. The van der Waals surface area contributed by atoms with Gasteiger partial charge in [-0.15, -0.1) is 11.8 Å². The van der Waals surface area contributed by atoms with Crippen LogP contribution in [-0.4, -0.2) is 29.5 Å². The van der Waals surface area contributed by atoms with Gasteiger partial charge in [0.25, 0.3) is 0 Å². The highest BCUT2D eigenvalue weighted by molar-refractivity contribution is 9.10. The van der Waals surface area contributed by atoms with Crippen LogP contribution in [0.25, 0.3) is 0 Å². The van der Waals surface area contributed by atoms with Crippen LogP contribution in [0.4, 0.5) is 0 Å². The molecule has 1 aliphatic rings. The lowest BCUT2D eigenvalue weighted by Crippen LogP contribution is -2.30. The minimum atomic E-state index is 0.115. The van der Waals surface area contributed by atoms with Gasteiger partial charge in [-0.3, -0.25) is 0 Å². The van der Waals surface area contributed by atoms with Crippen LogP contribution < -0.4 is 5.73 Å². The van der Waals surface area contributed by atoms with Crippen LogP contribution in [0.5, 0.6) is 0 Å². The van der Waals surface area contributed by atoms with E-state index in [1.807, 2.05) is 18.2 Å². The summed E-state index contributed by atoms with van der Waals surface area (Å²) in [5.41, 5.74) is 6.20. The van der Waals surface area contributed by atoms with E-state index in [0.717, 1.165) is 22.6 Å². The summed E-state index contributed by atoms with van der Waals surface area (Å²) in [6.45, 7) is 1.61. The van der Waals surface area contributed by atoms with E-state index in [4.69, 9.17) is 15.7 Å². The van der Waals surface area contributed by atoms with E-state index in [9.17, 15) is 0 Å². The first-order valence-electron chi connectivity index (χ1n) is 4.72. The van der Waals surface area contributed by atoms with Gasteiger partial charge in [0, 0.05) is 14.9 Å². The number of nitrogens with zero attached hydrogens (tertiary/aromatic N) is 1. The van der Waals surface area contributed by atoms with E-state index >= 15 is 0 Å². The van der Waals surface area contributed by atoms with Crippen molar-refractivity contribution in [3.8, 4) is 0 Å². The molecule has 3 N–H and O–H groups in total. The monoisotopic (exact) mass is 302 g/mol. The Bertz CT molecular complexity index is 421. The number of benzene rings is 1. The number of rotatable bonds is 3. The van der Waals surface area contributed by atoms with Crippen molar-refractivity contribution < 1.29 is 9.94 Å². The van der Waals surface area contributed by atoms with E-state index in [-0.39, 0.29) is 5.84 Å². The number of thioether (sulfide) groups is 1. The zero-order valence-corrected chi connectivity index (χ0v) is 10.8. The number of halogens is 1. The Morgan fingerprint density at radius 3 is 2.81 bits per heavy atom. The predicted octanol–water partition coefficient (Wildman–Crippen LogP) is 2.03. The molecular formula is C10H11BrN2O2S. The molecule has 1 heterocycles. The second-order valence-electron chi connectivity index (χ2n) is 3.41. The largest absolute Gasteiger partial charge is 0.409 e. The summed E-state index contributed by atoms with van der Waals surface area (Å²) < 4.78 is 6.07. The molecule has 16 heavy (non-hydrogen) atoms. The molecule has 0 saturated carbocycles. The maximum absolute atomic E-state index is 8.57. The summed E-state index contributed by atoms with van der Waals surface area (Å²) in [4.78, 5) is 1.14. The summed E-state index contributed by atoms with van der Waals surface area (Å²) in [6.07, 6.45) is 0. The lowest BCUT2D eigenvalue weighted by molar-refractivity contribution is 0.0455. The zero-order valence-electron chi connectivity index (χ0n) is 8.39. The van der Waals surface area contributed by atoms with Gasteiger partial charge in [-0.2, -0.15) is 0 Å². The highest BCUT2D eigenvalue weighted by Gasteiger charge is 2.20. The van der Waals surface area contributed by atoms with Crippen molar-refractivity contribution in [2.45, 2.75) is 10.1 Å². The average molecular weight is 303 g/mol. The lowest BCUT2D eigenvalue weighted by atomic mass is 10.2. The molecule has 1 aromatic carbocycles. The van der Waals surface area contributed by atoms with E-state index in [0.29, 0.717) is 10.8 Å². The summed E-state index contributed by atoms with van der Waals surface area (Å²) >= 11 is 5.24. The Hall–Kier alpha value is -0.720. The van der Waals surface area contributed by atoms with Gasteiger partial charge in [0.15, 0.2) is 5.84 Å². The normalized spacial score (nSPS) is 17.2. The van der Waals surface area contributed by atoms with Gasteiger partial charge in [0.05, 0.1) is 18.5 Å². The van der Waals surface area contributed by atoms with E-state index in [2.05, 4.69) is 21.1 Å². The fraction of sp³-hybridized carbons (Fsp3) is 0.300. The van der Waals surface area contributed by atoms with E-state index < -0.39 is 0 Å². The maximum Gasteiger partial charge on any atom is 0.170 e. The van der Waals surface area contributed by atoms with Gasteiger partial charge < -0.3 is 15.7 Å². The first-order valence-corrected chi connectivity index (χ1v) is 6.40. The van der Waals surface area contributed by atoms with Crippen molar-refractivity contribution >= 4 is 33.5 Å². The number of amidine groups is 1. The van der Waals surface area contributed by atoms with Crippen LogP contribution in [0.2, 0.25) is 0 Å². The highest BCUT2D eigenvalue weighted by atomic mass is 79.9. The van der Waals surface area contributed by atoms with Gasteiger partial charge in [0.1, 0.15) is 0 Å². The third-order valence-corrected chi connectivity index (χ3v) is 4.37. The molecule has 1 saturated heterocycles. The van der Waals surface area contributed by atoms with Gasteiger partial charge in [-0.25, -0.2) is 0 Å². The average Bonchev–Trinajstić information content (AvgIpc) is 2.23. The molecule has 0 aromatic heterocycles. The standard InChI is InChI=1S/C10H11BrN2O2S/c11-8-3-6(10(12)13-14)1-2-9(8)16-7-4-15-5-7/h1-3,7,14H,4-5H2,(H2,12,13). The Kier molecular flexibility index (Phi) is 3.73. The van der Waals surface area contributed by atoms with Crippen LogP contribution in [0.1, 0.15) is 5.56 Å². The van der Waals surface area contributed by atoms with E-state index in [1.54, 1.807) is 11.8 Å². The van der Waals surface area contributed by atoms with Crippen LogP contribution >= 0.6 is 27.7 Å². The van der Waals surface area contributed by atoms with Crippen LogP contribution in [0.15, 0.2) is 32.7 Å². The zero-order chi connectivity index (χ0) is 11.5. The Morgan fingerprint density at radius 2 is 2.31 bits per heavy atom. The summed E-state index contributed by atoms with van der Waals surface area (Å²) in [5.74, 6) is 0.115. The fourth-order valence-corrected chi connectivity index (χ4v) is 2.94. The molecule has 4 nitrogen and oxygen atoms in total. The molecule has 2 rings (SSSR count). The number of oxime groups is 1. The molecule has 0 aliphatic carbocycles. The summed E-state index contributed by atoms with van der Waals surface area (Å²) in [5, 5.41) is 12.1. The molecule has 1 aliphatic heterocycles. The second-order valence-corrected chi connectivity index (χ2v) is 5.60. The predicted molar refractivity (Wildman–Crippen MR) is 67.1 cm³/mol. The minimum Gasteiger partial charge on any atom is -0.409 e. The first-order chi connectivity index (χ1) is 7.70. The fourth-order valence-electron chi connectivity index (χ4n) is 1.28. The van der Waals surface area contributed by atoms with Gasteiger partial charge in [0.2, 0.25) is 0 Å². The molecule has 0 unspecified atom stereocenters. The molecule has 1 fully saturated rings. The van der Waals surface area contributed by atoms with Crippen molar-refractivity contribution in [2.24, 2.45) is 10.9 Å². The quantitative estimate of drug-likeness (QED) is 0.388. The van der Waals surface area contributed by atoms with Gasteiger partial charge in [-0.05, 0) is 34.1 Å². The molecular weight excluding hydrogens is 292 g/mol. The SMILES string of the molecule is N/C(=N/O)c1ccc(SC2COC2)c(Br)c1. The van der Waals surface area contributed by atoms with Crippen molar-refractivity contribution in [3.63, 3.8) is 0 Å². The molecule has 0 atom stereocenters. The van der Waals surface area contributed by atoms with Crippen LogP contribution in [-0.2, 0) is 4.74 Å². The minimum absolute atomic E-state index is 0.115. The van der Waals surface area contributed by atoms with Gasteiger partial charge >= 0.3 is 0 Å². The first kappa shape index (κ1) is 11.8. The number of nitrogens with two attached hydrogens (primary N) is 1. The van der Waals surface area contributed by atoms with Crippen molar-refractivity contribution in [1.82, 2.24) is 0 Å². The number of hydrogen-bond donors (Lipinski definition) is 2. The van der Waals surface area contributed by atoms with Crippen LogP contribution in [0, 0.1) is 0 Å². The van der Waals surface area contributed by atoms with Crippen molar-refractivity contribution in [3.05, 3.63) is 28.2 Å². The Balaban J connectivity index is 2.15. The van der Waals surface area contributed by atoms with Gasteiger partial charge in [-0.1, -0.05) is 5.16 Å². The molecule has 1 aromatic rings. The second kappa shape index (κ2) is 5.07. The topological polar surface area (TPSA) is 67.8 Å². The molecule has 86 valence electrons.